The van der Waals surface area contributed by atoms with E-state index in [2.05, 4.69) is 43.1 Å². The SMILES string of the molecule is CCC(N)c1ccccc1N(C)C1CCCCC1. The Labute approximate surface area is 111 Å². The summed E-state index contributed by atoms with van der Waals surface area (Å²) < 4.78 is 0. The van der Waals surface area contributed by atoms with Crippen LogP contribution in [0.1, 0.15) is 57.1 Å². The van der Waals surface area contributed by atoms with E-state index >= 15 is 0 Å². The Morgan fingerprint density at radius 1 is 1.22 bits per heavy atom. The molecule has 0 radical (unpaired) electrons. The van der Waals surface area contributed by atoms with Gasteiger partial charge in [0, 0.05) is 24.8 Å². The molecule has 18 heavy (non-hydrogen) atoms. The molecule has 2 rings (SSSR count). The van der Waals surface area contributed by atoms with Crippen molar-refractivity contribution >= 4 is 5.69 Å². The van der Waals surface area contributed by atoms with Gasteiger partial charge in [-0.05, 0) is 30.9 Å². The summed E-state index contributed by atoms with van der Waals surface area (Å²) in [6.07, 6.45) is 7.79. The topological polar surface area (TPSA) is 29.3 Å². The minimum absolute atomic E-state index is 0.159. The van der Waals surface area contributed by atoms with Crippen LogP contribution in [-0.2, 0) is 0 Å². The van der Waals surface area contributed by atoms with Gasteiger partial charge in [-0.3, -0.25) is 0 Å². The second-order valence-corrected chi connectivity index (χ2v) is 5.48. The van der Waals surface area contributed by atoms with Crippen LogP contribution in [0, 0.1) is 0 Å². The van der Waals surface area contributed by atoms with Gasteiger partial charge in [0.15, 0.2) is 0 Å². The predicted octanol–water partition coefficient (Wildman–Crippen LogP) is 3.87. The fourth-order valence-corrected chi connectivity index (χ4v) is 3.01. The van der Waals surface area contributed by atoms with Crippen molar-refractivity contribution in [1.29, 1.82) is 0 Å². The normalized spacial score (nSPS) is 18.6. The van der Waals surface area contributed by atoms with Gasteiger partial charge in [0.2, 0.25) is 0 Å². The lowest BCUT2D eigenvalue weighted by Crippen LogP contribution is -2.34. The van der Waals surface area contributed by atoms with Crippen molar-refractivity contribution in [2.45, 2.75) is 57.5 Å². The number of hydrogen-bond donors (Lipinski definition) is 1. The molecule has 0 heterocycles. The lowest BCUT2D eigenvalue weighted by Gasteiger charge is -2.35. The summed E-state index contributed by atoms with van der Waals surface area (Å²) in [5.41, 5.74) is 8.87. The first-order valence-corrected chi connectivity index (χ1v) is 7.31. The van der Waals surface area contributed by atoms with Crippen LogP contribution in [-0.4, -0.2) is 13.1 Å². The summed E-state index contributed by atoms with van der Waals surface area (Å²) in [5.74, 6) is 0. The number of nitrogens with zero attached hydrogens (tertiary/aromatic N) is 1. The second kappa shape index (κ2) is 6.24. The summed E-state index contributed by atoms with van der Waals surface area (Å²) in [6.45, 7) is 2.15. The Balaban J connectivity index is 2.20. The molecule has 1 atom stereocenters. The number of benzene rings is 1. The molecule has 100 valence electrons. The molecule has 0 spiro atoms. The number of rotatable bonds is 4. The molecule has 1 aromatic rings. The fourth-order valence-electron chi connectivity index (χ4n) is 3.01. The van der Waals surface area contributed by atoms with Gasteiger partial charge in [0.1, 0.15) is 0 Å². The molecular weight excluding hydrogens is 220 g/mol. The first-order chi connectivity index (χ1) is 8.74. The quantitative estimate of drug-likeness (QED) is 0.874. The average Bonchev–Trinajstić information content (AvgIpc) is 2.46. The Kier molecular flexibility index (Phi) is 4.65. The molecule has 0 aromatic heterocycles. The third-order valence-corrected chi connectivity index (χ3v) is 4.28. The fraction of sp³-hybridized carbons (Fsp3) is 0.625. The molecule has 2 heteroatoms. The highest BCUT2D eigenvalue weighted by Gasteiger charge is 2.21. The van der Waals surface area contributed by atoms with Gasteiger partial charge in [0.05, 0.1) is 0 Å². The smallest absolute Gasteiger partial charge is 0.0414 e. The molecule has 1 aromatic carbocycles. The molecule has 0 aliphatic heterocycles. The van der Waals surface area contributed by atoms with Crippen LogP contribution >= 0.6 is 0 Å². The van der Waals surface area contributed by atoms with Crippen molar-refractivity contribution in [3.05, 3.63) is 29.8 Å². The maximum atomic E-state index is 6.24. The summed E-state index contributed by atoms with van der Waals surface area (Å²) >= 11 is 0. The zero-order valence-corrected chi connectivity index (χ0v) is 11.7. The number of anilines is 1. The van der Waals surface area contributed by atoms with Crippen molar-refractivity contribution in [3.63, 3.8) is 0 Å². The van der Waals surface area contributed by atoms with Crippen LogP contribution in [0.5, 0.6) is 0 Å². The van der Waals surface area contributed by atoms with E-state index < -0.39 is 0 Å². The first-order valence-electron chi connectivity index (χ1n) is 7.31. The van der Waals surface area contributed by atoms with E-state index in [1.54, 1.807) is 0 Å². The number of hydrogen-bond acceptors (Lipinski definition) is 2. The van der Waals surface area contributed by atoms with Crippen LogP contribution in [0.3, 0.4) is 0 Å². The molecule has 1 saturated carbocycles. The lowest BCUT2D eigenvalue weighted by molar-refractivity contribution is 0.426. The van der Waals surface area contributed by atoms with Gasteiger partial charge in [0.25, 0.3) is 0 Å². The third kappa shape index (κ3) is 2.86. The van der Waals surface area contributed by atoms with Crippen molar-refractivity contribution in [1.82, 2.24) is 0 Å². The van der Waals surface area contributed by atoms with Gasteiger partial charge in [-0.25, -0.2) is 0 Å². The van der Waals surface area contributed by atoms with Crippen LogP contribution in [0.4, 0.5) is 5.69 Å². The molecule has 1 unspecified atom stereocenters. The monoisotopic (exact) mass is 246 g/mol. The van der Waals surface area contributed by atoms with Crippen molar-refractivity contribution in [2.75, 3.05) is 11.9 Å². The Bertz CT molecular complexity index is 369. The van der Waals surface area contributed by atoms with E-state index in [1.807, 2.05) is 0 Å². The molecular formula is C16H26N2. The van der Waals surface area contributed by atoms with Gasteiger partial charge >= 0.3 is 0 Å². The first kappa shape index (κ1) is 13.4. The molecule has 0 bridgehead atoms. The standard InChI is InChI=1S/C16H26N2/c1-3-15(17)14-11-7-8-12-16(14)18(2)13-9-5-4-6-10-13/h7-8,11-13,15H,3-6,9-10,17H2,1-2H3. The third-order valence-electron chi connectivity index (χ3n) is 4.28. The van der Waals surface area contributed by atoms with Crippen molar-refractivity contribution in [3.8, 4) is 0 Å². The number of para-hydroxylation sites is 1. The van der Waals surface area contributed by atoms with Gasteiger partial charge in [-0.15, -0.1) is 0 Å². The van der Waals surface area contributed by atoms with E-state index in [9.17, 15) is 0 Å². The summed E-state index contributed by atoms with van der Waals surface area (Å²) in [7, 11) is 2.23. The predicted molar refractivity (Wildman–Crippen MR) is 78.9 cm³/mol. The molecule has 0 amide bonds. The highest BCUT2D eigenvalue weighted by atomic mass is 15.1. The average molecular weight is 246 g/mol. The highest BCUT2D eigenvalue weighted by Crippen LogP contribution is 2.31. The molecule has 1 aliphatic carbocycles. The van der Waals surface area contributed by atoms with E-state index in [0.717, 1.165) is 6.42 Å². The maximum Gasteiger partial charge on any atom is 0.0414 e. The molecule has 1 fully saturated rings. The Hall–Kier alpha value is -1.02. The summed E-state index contributed by atoms with van der Waals surface area (Å²) in [4.78, 5) is 2.46. The largest absolute Gasteiger partial charge is 0.371 e. The lowest BCUT2D eigenvalue weighted by atomic mass is 9.93. The van der Waals surface area contributed by atoms with Crippen LogP contribution in [0.2, 0.25) is 0 Å². The molecule has 2 nitrogen and oxygen atoms in total. The van der Waals surface area contributed by atoms with E-state index in [-0.39, 0.29) is 6.04 Å². The second-order valence-electron chi connectivity index (χ2n) is 5.48. The molecule has 0 saturated heterocycles. The Morgan fingerprint density at radius 3 is 2.56 bits per heavy atom. The maximum absolute atomic E-state index is 6.24. The summed E-state index contributed by atoms with van der Waals surface area (Å²) in [5, 5.41) is 0. The van der Waals surface area contributed by atoms with E-state index in [0.29, 0.717) is 6.04 Å². The van der Waals surface area contributed by atoms with Crippen LogP contribution < -0.4 is 10.6 Å². The van der Waals surface area contributed by atoms with Crippen LogP contribution in [0.15, 0.2) is 24.3 Å². The minimum Gasteiger partial charge on any atom is -0.371 e. The van der Waals surface area contributed by atoms with Crippen molar-refractivity contribution in [2.24, 2.45) is 5.73 Å². The van der Waals surface area contributed by atoms with Gasteiger partial charge < -0.3 is 10.6 Å². The molecule has 1 aliphatic rings. The van der Waals surface area contributed by atoms with Crippen molar-refractivity contribution < 1.29 is 0 Å². The Morgan fingerprint density at radius 2 is 1.89 bits per heavy atom. The highest BCUT2D eigenvalue weighted by molar-refractivity contribution is 5.55. The van der Waals surface area contributed by atoms with Gasteiger partial charge in [-0.2, -0.15) is 0 Å². The number of nitrogens with two attached hydrogens (primary N) is 1. The minimum atomic E-state index is 0.159. The van der Waals surface area contributed by atoms with E-state index in [1.165, 1.54) is 43.4 Å². The van der Waals surface area contributed by atoms with E-state index in [4.69, 9.17) is 5.73 Å². The molecule has 2 N–H and O–H groups in total. The zero-order chi connectivity index (χ0) is 13.0. The van der Waals surface area contributed by atoms with Gasteiger partial charge in [-0.1, -0.05) is 44.4 Å². The summed E-state index contributed by atoms with van der Waals surface area (Å²) in [6, 6.07) is 9.49. The van der Waals surface area contributed by atoms with Crippen LogP contribution in [0.25, 0.3) is 0 Å². The zero-order valence-electron chi connectivity index (χ0n) is 11.7.